The highest BCUT2D eigenvalue weighted by Gasteiger charge is 2.41. The first-order valence-electron chi connectivity index (χ1n) is 14.7. The molecule has 1 fully saturated rings. The zero-order valence-corrected chi connectivity index (χ0v) is 28.0. The molecule has 6 amide bonds. The maximum atomic E-state index is 12.5. The molecule has 0 aromatic heterocycles. The third kappa shape index (κ3) is 21.7. The Labute approximate surface area is 266 Å². The van der Waals surface area contributed by atoms with Crippen molar-refractivity contribution in [2.24, 2.45) is 0 Å². The van der Waals surface area contributed by atoms with Gasteiger partial charge in [-0.1, -0.05) is 47.0 Å². The Hall–Kier alpha value is -2.55. The van der Waals surface area contributed by atoms with Gasteiger partial charge in [0.1, 0.15) is 0 Å². The summed E-state index contributed by atoms with van der Waals surface area (Å²) in [4.78, 5) is 78.3. The van der Waals surface area contributed by atoms with Gasteiger partial charge in [0.05, 0.1) is 30.4 Å². The molecule has 12 nitrogen and oxygen atoms in total. The summed E-state index contributed by atoms with van der Waals surface area (Å²) in [7, 11) is 4.17. The molecule has 1 rings (SSSR count). The second-order valence-electron chi connectivity index (χ2n) is 9.68. The van der Waals surface area contributed by atoms with E-state index in [0.29, 0.717) is 18.8 Å². The van der Waals surface area contributed by atoms with Gasteiger partial charge in [-0.05, 0) is 31.9 Å². The third-order valence-electron chi connectivity index (χ3n) is 6.37. The minimum absolute atomic E-state index is 0.00704. The quantitative estimate of drug-likeness (QED) is 0.0505. The molecule has 0 aromatic rings. The van der Waals surface area contributed by atoms with Gasteiger partial charge < -0.3 is 26.1 Å². The molecule has 244 valence electrons. The number of thioether (sulfide) groups is 2. The fourth-order valence-corrected chi connectivity index (χ4v) is 5.80. The lowest BCUT2D eigenvalue weighted by atomic mass is 10.1. The number of imide groups is 1. The lowest BCUT2D eigenvalue weighted by Gasteiger charge is -2.28. The Morgan fingerprint density at radius 2 is 1.58 bits per heavy atom. The maximum Gasteiger partial charge on any atom is 0.242 e. The van der Waals surface area contributed by atoms with Gasteiger partial charge >= 0.3 is 0 Å². The Balaban J connectivity index is 0. The van der Waals surface area contributed by atoms with Gasteiger partial charge in [0, 0.05) is 30.7 Å². The number of nitrogens with zero attached hydrogens (tertiary/aromatic N) is 1. The van der Waals surface area contributed by atoms with E-state index in [2.05, 4.69) is 56.8 Å². The minimum atomic E-state index is -0.365. The van der Waals surface area contributed by atoms with E-state index in [-0.39, 0.29) is 78.2 Å². The van der Waals surface area contributed by atoms with Crippen LogP contribution in [-0.4, -0.2) is 103 Å². The van der Waals surface area contributed by atoms with Gasteiger partial charge in [0.25, 0.3) is 0 Å². The Bertz CT molecular complexity index is 863. The fraction of sp³-hybridized carbons (Fsp3) is 0.750. The molecule has 1 aliphatic rings. The van der Waals surface area contributed by atoms with Crippen molar-refractivity contribution >= 4 is 73.5 Å². The molecule has 0 aliphatic carbocycles. The monoisotopic (exact) mass is 643 g/mol. The van der Waals surface area contributed by atoms with Gasteiger partial charge in [-0.3, -0.25) is 33.7 Å². The first-order valence-corrected chi connectivity index (χ1v) is 16.7. The summed E-state index contributed by atoms with van der Waals surface area (Å²) in [6, 6.07) is 0. The molecule has 0 spiro atoms. The first-order chi connectivity index (χ1) is 20.5. The molecule has 1 saturated heterocycles. The van der Waals surface area contributed by atoms with Crippen LogP contribution in [0.4, 0.5) is 0 Å². The first kappa shape index (κ1) is 42.6. The molecule has 2 radical (unpaired) electrons. The van der Waals surface area contributed by atoms with E-state index >= 15 is 0 Å². The number of hydrogen-bond acceptors (Lipinski definition) is 9. The van der Waals surface area contributed by atoms with Crippen molar-refractivity contribution in [3.8, 4) is 0 Å². The molecule has 1 atom stereocenters. The number of amides is 6. The Morgan fingerprint density at radius 3 is 2.14 bits per heavy atom. The lowest BCUT2D eigenvalue weighted by Crippen LogP contribution is -2.39. The van der Waals surface area contributed by atoms with Crippen molar-refractivity contribution in [3.05, 3.63) is 0 Å². The van der Waals surface area contributed by atoms with Crippen LogP contribution in [0, 0.1) is 0 Å². The van der Waals surface area contributed by atoms with Crippen LogP contribution in [0.3, 0.4) is 0 Å². The van der Waals surface area contributed by atoms with Crippen molar-refractivity contribution in [2.75, 3.05) is 37.8 Å². The maximum absolute atomic E-state index is 12.5. The van der Waals surface area contributed by atoms with Gasteiger partial charge in [0.15, 0.2) is 7.85 Å². The van der Waals surface area contributed by atoms with Gasteiger partial charge in [0.2, 0.25) is 35.9 Å². The van der Waals surface area contributed by atoms with Gasteiger partial charge in [-0.2, -0.15) is 0 Å². The Kier molecular flexibility index (Phi) is 26.8. The van der Waals surface area contributed by atoms with E-state index in [1.165, 1.54) is 30.6 Å². The van der Waals surface area contributed by atoms with E-state index in [1.54, 1.807) is 30.4 Å². The molecule has 1 heterocycles. The molecular weight excluding hydrogens is 593 g/mol. The summed E-state index contributed by atoms with van der Waals surface area (Å²) in [5.41, 5.74) is 0. The molecule has 43 heavy (non-hydrogen) atoms. The molecule has 0 saturated carbocycles. The fourth-order valence-electron chi connectivity index (χ4n) is 3.51. The SMILES string of the molecule is CCCCCCSCNC(=O)CNC=O.CCNC(=O)CNC(=O)CCN1C(=O)CC(SC(C)(CC)CC)C1=O.[B]C=O. The number of hydrogen-bond donors (Lipinski definition) is 4. The van der Waals surface area contributed by atoms with E-state index in [0.717, 1.165) is 18.6 Å². The highest BCUT2D eigenvalue weighted by Crippen LogP contribution is 2.39. The zero-order chi connectivity index (χ0) is 33.1. The molecule has 0 bridgehead atoms. The van der Waals surface area contributed by atoms with Gasteiger partial charge in [-0.25, -0.2) is 0 Å². The molecule has 1 unspecified atom stereocenters. The van der Waals surface area contributed by atoms with Crippen molar-refractivity contribution in [2.45, 2.75) is 96.0 Å². The summed E-state index contributed by atoms with van der Waals surface area (Å²) >= 11 is 3.28. The van der Waals surface area contributed by atoms with Gasteiger partial charge in [-0.15, -0.1) is 23.5 Å². The molecular formula is C28H50BN5O7S2. The summed E-state index contributed by atoms with van der Waals surface area (Å²) in [5, 5.41) is 9.72. The standard InChI is InChI=1S/C17H29N3O4S.C10H20N2O2S.CHBO/c1-5-17(4,6-2)25-12-10-15(23)20(16(12)24)9-8-13(21)19-11-14(22)18-7-3;1-2-3-4-5-6-15-9-12-10(14)7-11-8-13;2-1-3/h12H,5-11H2,1-4H3,(H,18,22)(H,19,21);8H,2-7,9H2,1H3,(H,11,13)(H,12,14);1H. The van der Waals surface area contributed by atoms with Crippen LogP contribution in [0.5, 0.6) is 0 Å². The molecule has 0 aromatic carbocycles. The highest BCUT2D eigenvalue weighted by atomic mass is 32.2. The number of likely N-dealkylation sites (tertiary alicyclic amines) is 1. The number of carbonyl (C=O) groups excluding carboxylic acids is 7. The van der Waals surface area contributed by atoms with Crippen molar-refractivity contribution in [1.29, 1.82) is 0 Å². The Morgan fingerprint density at radius 1 is 0.953 bits per heavy atom. The molecule has 4 N–H and O–H groups in total. The van der Waals surface area contributed by atoms with Crippen molar-refractivity contribution < 1.29 is 33.6 Å². The summed E-state index contributed by atoms with van der Waals surface area (Å²) in [6.45, 7) is 10.8. The van der Waals surface area contributed by atoms with Crippen LogP contribution in [-0.2, 0) is 33.6 Å². The van der Waals surface area contributed by atoms with Crippen LogP contribution in [0.15, 0.2) is 0 Å². The number of likely N-dealkylation sites (N-methyl/N-ethyl adjacent to an activating group) is 1. The lowest BCUT2D eigenvalue weighted by molar-refractivity contribution is -0.138. The molecule has 15 heteroatoms. The van der Waals surface area contributed by atoms with E-state index in [4.69, 9.17) is 4.79 Å². The average Bonchev–Trinajstić information content (AvgIpc) is 3.25. The summed E-state index contributed by atoms with van der Waals surface area (Å²) in [6.07, 6.45) is 7.84. The number of nitrogens with one attached hydrogen (secondary N) is 4. The van der Waals surface area contributed by atoms with Crippen LogP contribution >= 0.6 is 23.5 Å². The van der Waals surface area contributed by atoms with Crippen LogP contribution in [0.25, 0.3) is 0 Å². The number of carbonyl (C=O) groups is 7. The second-order valence-corrected chi connectivity index (χ2v) is 12.6. The topological polar surface area (TPSA) is 171 Å². The second kappa shape index (κ2) is 27.0. The largest absolute Gasteiger partial charge is 0.355 e. The number of unbranched alkanes of at least 4 members (excludes halogenated alkanes) is 3. The predicted octanol–water partition coefficient (Wildman–Crippen LogP) is 1.53. The van der Waals surface area contributed by atoms with Crippen molar-refractivity contribution in [1.82, 2.24) is 26.2 Å². The predicted molar refractivity (Wildman–Crippen MR) is 174 cm³/mol. The highest BCUT2D eigenvalue weighted by molar-refractivity contribution is 8.02. The third-order valence-corrected chi connectivity index (χ3v) is 9.09. The van der Waals surface area contributed by atoms with E-state index < -0.39 is 0 Å². The average molecular weight is 644 g/mol. The van der Waals surface area contributed by atoms with Crippen molar-refractivity contribution in [3.63, 3.8) is 0 Å². The summed E-state index contributed by atoms with van der Waals surface area (Å²) < 4.78 is -0.0272. The molecule has 1 aliphatic heterocycles. The van der Waals surface area contributed by atoms with Crippen LogP contribution in [0.2, 0.25) is 0 Å². The van der Waals surface area contributed by atoms with E-state index in [1.807, 2.05) is 0 Å². The van der Waals surface area contributed by atoms with Crippen LogP contribution in [0.1, 0.15) is 86.0 Å². The zero-order valence-electron chi connectivity index (χ0n) is 26.3. The summed E-state index contributed by atoms with van der Waals surface area (Å²) in [5.74, 6) is 0.526. The number of rotatable bonds is 20. The van der Waals surface area contributed by atoms with Crippen LogP contribution < -0.4 is 21.3 Å². The normalized spacial score (nSPS) is 14.0. The van der Waals surface area contributed by atoms with E-state index in [9.17, 15) is 28.8 Å². The minimum Gasteiger partial charge on any atom is -0.355 e. The smallest absolute Gasteiger partial charge is 0.242 e.